The number of fused-ring (bicyclic) bond motifs is 3. The fourth-order valence-electron chi connectivity index (χ4n) is 3.31. The van der Waals surface area contributed by atoms with Crippen molar-refractivity contribution >= 4 is 22.2 Å². The number of anilines is 1. The maximum atomic E-state index is 12.6. The van der Waals surface area contributed by atoms with Gasteiger partial charge in [-0.3, -0.25) is 4.79 Å². The standard InChI is InChI=1S/C17H19N3OS/c1-10-5-3-4-6-11(10)15-18-16(21)14-12-7-8-20(2)9-13(12)22-17(14)19-15/h3-6,15,19H,7-9H2,1-2H3,(H,18,21)/t15-/m0/s1. The van der Waals surface area contributed by atoms with Crippen molar-refractivity contribution in [2.75, 3.05) is 18.9 Å². The number of aryl methyl sites for hydroxylation is 1. The van der Waals surface area contributed by atoms with Gasteiger partial charge in [0.1, 0.15) is 11.2 Å². The van der Waals surface area contributed by atoms with Crippen molar-refractivity contribution in [3.8, 4) is 0 Å². The predicted molar refractivity (Wildman–Crippen MR) is 89.4 cm³/mol. The Morgan fingerprint density at radius 1 is 1.27 bits per heavy atom. The maximum Gasteiger partial charge on any atom is 0.256 e. The van der Waals surface area contributed by atoms with Crippen LogP contribution >= 0.6 is 11.3 Å². The van der Waals surface area contributed by atoms with Gasteiger partial charge < -0.3 is 15.5 Å². The summed E-state index contributed by atoms with van der Waals surface area (Å²) >= 11 is 1.74. The van der Waals surface area contributed by atoms with Crippen LogP contribution in [0.4, 0.5) is 5.00 Å². The average molecular weight is 313 g/mol. The Morgan fingerprint density at radius 2 is 2.09 bits per heavy atom. The molecule has 1 amide bonds. The van der Waals surface area contributed by atoms with E-state index in [2.05, 4.69) is 41.6 Å². The quantitative estimate of drug-likeness (QED) is 0.851. The molecular formula is C17H19N3OS. The van der Waals surface area contributed by atoms with Crippen LogP contribution in [0.15, 0.2) is 24.3 Å². The topological polar surface area (TPSA) is 44.4 Å². The first kappa shape index (κ1) is 13.8. The lowest BCUT2D eigenvalue weighted by Crippen LogP contribution is -2.39. The minimum atomic E-state index is -0.140. The SMILES string of the molecule is Cc1ccccc1[C@H]1NC(=O)c2c(sc3c2CCN(C)C3)N1. The molecule has 4 rings (SSSR count). The lowest BCUT2D eigenvalue weighted by atomic mass is 9.99. The van der Waals surface area contributed by atoms with E-state index in [0.717, 1.165) is 35.6 Å². The number of hydrogen-bond donors (Lipinski definition) is 2. The van der Waals surface area contributed by atoms with Crippen LogP contribution in [0, 0.1) is 6.92 Å². The summed E-state index contributed by atoms with van der Waals surface area (Å²) in [5, 5.41) is 7.67. The Hall–Kier alpha value is -1.85. The van der Waals surface area contributed by atoms with Crippen LogP contribution in [0.5, 0.6) is 0 Å². The molecule has 0 saturated heterocycles. The Kier molecular flexibility index (Phi) is 3.20. The summed E-state index contributed by atoms with van der Waals surface area (Å²) in [7, 11) is 2.13. The van der Waals surface area contributed by atoms with Crippen LogP contribution in [0.25, 0.3) is 0 Å². The molecule has 0 spiro atoms. The summed E-state index contributed by atoms with van der Waals surface area (Å²) in [6, 6.07) is 8.18. The van der Waals surface area contributed by atoms with Crippen molar-refractivity contribution in [1.29, 1.82) is 0 Å². The smallest absolute Gasteiger partial charge is 0.256 e. The summed E-state index contributed by atoms with van der Waals surface area (Å²) < 4.78 is 0. The van der Waals surface area contributed by atoms with Gasteiger partial charge in [0.25, 0.3) is 5.91 Å². The van der Waals surface area contributed by atoms with Crippen LogP contribution < -0.4 is 10.6 Å². The second-order valence-electron chi connectivity index (χ2n) is 6.10. The molecule has 22 heavy (non-hydrogen) atoms. The van der Waals surface area contributed by atoms with E-state index in [1.165, 1.54) is 16.0 Å². The molecule has 1 atom stereocenters. The van der Waals surface area contributed by atoms with Gasteiger partial charge >= 0.3 is 0 Å². The summed E-state index contributed by atoms with van der Waals surface area (Å²) in [4.78, 5) is 16.3. The molecule has 2 aliphatic heterocycles. The Labute approximate surface area is 134 Å². The number of nitrogens with one attached hydrogen (secondary N) is 2. The van der Waals surface area contributed by atoms with Crippen molar-refractivity contribution in [2.24, 2.45) is 0 Å². The van der Waals surface area contributed by atoms with E-state index in [1.54, 1.807) is 11.3 Å². The number of carbonyl (C=O) groups excluding carboxylic acids is 1. The number of benzene rings is 1. The highest BCUT2D eigenvalue weighted by Crippen LogP contribution is 2.40. The third kappa shape index (κ3) is 2.12. The van der Waals surface area contributed by atoms with E-state index in [4.69, 9.17) is 0 Å². The molecule has 1 aromatic heterocycles. The molecule has 2 N–H and O–H groups in total. The van der Waals surface area contributed by atoms with E-state index >= 15 is 0 Å². The fraction of sp³-hybridized carbons (Fsp3) is 0.353. The first-order chi connectivity index (χ1) is 10.6. The maximum absolute atomic E-state index is 12.6. The molecule has 0 fully saturated rings. The molecule has 0 unspecified atom stereocenters. The molecule has 3 heterocycles. The zero-order valence-electron chi connectivity index (χ0n) is 12.8. The second-order valence-corrected chi connectivity index (χ2v) is 7.21. The number of nitrogens with zero attached hydrogens (tertiary/aromatic N) is 1. The lowest BCUT2D eigenvalue weighted by molar-refractivity contribution is 0.0935. The summed E-state index contributed by atoms with van der Waals surface area (Å²) in [5.41, 5.74) is 4.43. The summed E-state index contributed by atoms with van der Waals surface area (Å²) in [6.07, 6.45) is 0.820. The van der Waals surface area contributed by atoms with E-state index in [-0.39, 0.29) is 12.1 Å². The number of rotatable bonds is 1. The normalized spacial score (nSPS) is 20.8. The molecule has 5 heteroatoms. The third-order valence-electron chi connectivity index (χ3n) is 4.53. The number of thiophene rings is 1. The largest absolute Gasteiger partial charge is 0.353 e. The van der Waals surface area contributed by atoms with Gasteiger partial charge in [-0.2, -0.15) is 0 Å². The van der Waals surface area contributed by atoms with Gasteiger partial charge in [-0.15, -0.1) is 11.3 Å². The summed E-state index contributed by atoms with van der Waals surface area (Å²) in [6.45, 7) is 4.04. The van der Waals surface area contributed by atoms with Crippen LogP contribution in [0.2, 0.25) is 0 Å². The molecule has 4 nitrogen and oxygen atoms in total. The molecular weight excluding hydrogens is 294 g/mol. The predicted octanol–water partition coefficient (Wildman–Crippen LogP) is 2.90. The zero-order valence-corrected chi connectivity index (χ0v) is 13.6. The number of likely N-dealkylation sites (N-methyl/N-ethyl adjacent to an activating group) is 1. The van der Waals surface area contributed by atoms with Crippen LogP contribution in [-0.2, 0) is 13.0 Å². The molecule has 114 valence electrons. The Morgan fingerprint density at radius 3 is 2.91 bits per heavy atom. The van der Waals surface area contributed by atoms with E-state index < -0.39 is 0 Å². The van der Waals surface area contributed by atoms with Gasteiger partial charge in [-0.05, 0) is 37.1 Å². The summed E-state index contributed by atoms with van der Waals surface area (Å²) in [5.74, 6) is 0.0593. The fourth-order valence-corrected chi connectivity index (χ4v) is 4.66. The van der Waals surface area contributed by atoms with Gasteiger partial charge in [0, 0.05) is 18.0 Å². The number of carbonyl (C=O) groups is 1. The monoisotopic (exact) mass is 313 g/mol. The molecule has 1 aromatic carbocycles. The lowest BCUT2D eigenvalue weighted by Gasteiger charge is -2.28. The Bertz CT molecular complexity index is 752. The Balaban J connectivity index is 1.73. The van der Waals surface area contributed by atoms with Crippen molar-refractivity contribution in [3.05, 3.63) is 51.4 Å². The van der Waals surface area contributed by atoms with Crippen LogP contribution in [-0.4, -0.2) is 24.4 Å². The van der Waals surface area contributed by atoms with Crippen LogP contribution in [0.1, 0.15) is 38.1 Å². The number of hydrogen-bond acceptors (Lipinski definition) is 4. The number of amides is 1. The van der Waals surface area contributed by atoms with Crippen molar-refractivity contribution in [3.63, 3.8) is 0 Å². The molecule has 0 radical (unpaired) electrons. The average Bonchev–Trinajstić information content (AvgIpc) is 2.85. The molecule has 0 aliphatic carbocycles. The van der Waals surface area contributed by atoms with E-state index in [0.29, 0.717) is 0 Å². The van der Waals surface area contributed by atoms with Crippen molar-refractivity contribution in [2.45, 2.75) is 26.1 Å². The van der Waals surface area contributed by atoms with Gasteiger partial charge in [-0.1, -0.05) is 24.3 Å². The van der Waals surface area contributed by atoms with Crippen molar-refractivity contribution in [1.82, 2.24) is 10.2 Å². The zero-order chi connectivity index (χ0) is 15.3. The molecule has 0 saturated carbocycles. The highest BCUT2D eigenvalue weighted by Gasteiger charge is 2.33. The molecule has 2 aliphatic rings. The van der Waals surface area contributed by atoms with E-state index in [9.17, 15) is 4.79 Å². The first-order valence-corrected chi connectivity index (χ1v) is 8.41. The van der Waals surface area contributed by atoms with Gasteiger partial charge in [0.15, 0.2) is 0 Å². The van der Waals surface area contributed by atoms with Gasteiger partial charge in [0.05, 0.1) is 5.56 Å². The van der Waals surface area contributed by atoms with Crippen LogP contribution in [0.3, 0.4) is 0 Å². The highest BCUT2D eigenvalue weighted by atomic mass is 32.1. The molecule has 0 bridgehead atoms. The van der Waals surface area contributed by atoms with Crippen molar-refractivity contribution < 1.29 is 4.79 Å². The minimum Gasteiger partial charge on any atom is -0.353 e. The third-order valence-corrected chi connectivity index (χ3v) is 5.67. The van der Waals surface area contributed by atoms with Gasteiger partial charge in [0.2, 0.25) is 0 Å². The first-order valence-electron chi connectivity index (χ1n) is 7.59. The van der Waals surface area contributed by atoms with E-state index in [1.807, 2.05) is 12.1 Å². The second kappa shape index (κ2) is 5.11. The minimum absolute atomic E-state index is 0.0593. The highest BCUT2D eigenvalue weighted by molar-refractivity contribution is 7.16. The molecule has 2 aromatic rings. The van der Waals surface area contributed by atoms with Gasteiger partial charge in [-0.25, -0.2) is 0 Å².